The Morgan fingerprint density at radius 1 is 1.00 bits per heavy atom. The highest BCUT2D eigenvalue weighted by Crippen LogP contribution is 2.28. The van der Waals surface area contributed by atoms with E-state index >= 15 is 0 Å². The summed E-state index contributed by atoms with van der Waals surface area (Å²) in [5, 5.41) is 0. The number of hydrogen-bond acceptors (Lipinski definition) is 4. The molecule has 0 aliphatic heterocycles. The zero-order valence-electron chi connectivity index (χ0n) is 18.6. The number of methoxy groups -OCH3 is 1. The maximum absolute atomic E-state index is 13.7. The fraction of sp³-hybridized carbons (Fsp3) is 0.240. The first-order chi connectivity index (χ1) is 15.8. The van der Waals surface area contributed by atoms with Crippen LogP contribution in [0.3, 0.4) is 0 Å². The van der Waals surface area contributed by atoms with Gasteiger partial charge in [0, 0.05) is 5.56 Å². The van der Waals surface area contributed by atoms with E-state index in [9.17, 15) is 17.9 Å². The summed E-state index contributed by atoms with van der Waals surface area (Å²) in [5.74, 6) is -0.523. The van der Waals surface area contributed by atoms with Crippen LogP contribution < -0.4 is 9.04 Å². The number of nitrogens with zero attached hydrogens (tertiary/aromatic N) is 1. The van der Waals surface area contributed by atoms with Gasteiger partial charge in [-0.1, -0.05) is 56.3 Å². The minimum Gasteiger partial charge on any atom is -0.489 e. The third-order valence-electron chi connectivity index (χ3n) is 5.16. The first-order valence-corrected chi connectivity index (χ1v) is 11.4. The first kappa shape index (κ1) is 24.4. The molecule has 0 bridgehead atoms. The summed E-state index contributed by atoms with van der Waals surface area (Å²) in [7, 11) is 1.25. The molecule has 1 N–H and O–H groups in total. The van der Waals surface area contributed by atoms with Gasteiger partial charge in [-0.25, -0.2) is 13.4 Å². The van der Waals surface area contributed by atoms with Crippen molar-refractivity contribution in [2.45, 2.75) is 26.5 Å². The highest BCUT2D eigenvalue weighted by atomic mass is 32.2. The van der Waals surface area contributed by atoms with Crippen molar-refractivity contribution >= 4 is 22.9 Å². The highest BCUT2D eigenvalue weighted by molar-refractivity contribution is 7.80. The number of halogens is 1. The smallest absolute Gasteiger partial charge is 0.329 e. The van der Waals surface area contributed by atoms with Crippen LogP contribution >= 0.6 is 0 Å². The van der Waals surface area contributed by atoms with Gasteiger partial charge in [0.2, 0.25) is 0 Å². The molecular weight excluding hydrogens is 445 g/mol. The van der Waals surface area contributed by atoms with Crippen molar-refractivity contribution in [2.24, 2.45) is 5.92 Å². The Morgan fingerprint density at radius 3 is 2.09 bits per heavy atom. The molecule has 8 heteroatoms. The number of hydrogen-bond donors (Lipinski definition) is 1. The molecule has 0 amide bonds. The van der Waals surface area contributed by atoms with Crippen LogP contribution in [0, 0.1) is 11.7 Å². The van der Waals surface area contributed by atoms with Crippen LogP contribution in [0.2, 0.25) is 0 Å². The van der Waals surface area contributed by atoms with Crippen LogP contribution in [0.1, 0.15) is 19.4 Å². The van der Waals surface area contributed by atoms with Gasteiger partial charge in [-0.3, -0.25) is 8.86 Å². The van der Waals surface area contributed by atoms with Crippen LogP contribution in [0.5, 0.6) is 5.75 Å². The third kappa shape index (κ3) is 5.97. The number of anilines is 1. The summed E-state index contributed by atoms with van der Waals surface area (Å²) in [6.07, 6.45) is 0. The van der Waals surface area contributed by atoms with Crippen molar-refractivity contribution in [3.8, 4) is 16.9 Å². The van der Waals surface area contributed by atoms with E-state index in [0.717, 1.165) is 15.4 Å². The molecule has 0 heterocycles. The number of rotatable bonds is 9. The molecule has 2 unspecified atom stereocenters. The lowest BCUT2D eigenvalue weighted by atomic mass is 10.0. The molecule has 0 spiro atoms. The SMILES string of the molecule is COC(=O)C(C(C)C)N(c1ccc(-c2ccc(OCc3ccccc3F)cc2)cc1)S(=O)O. The van der Waals surface area contributed by atoms with Crippen molar-refractivity contribution in [2.75, 3.05) is 11.4 Å². The molecule has 3 aromatic carbocycles. The van der Waals surface area contributed by atoms with E-state index < -0.39 is 23.3 Å². The summed E-state index contributed by atoms with van der Waals surface area (Å²) in [5.41, 5.74) is 2.69. The lowest BCUT2D eigenvalue weighted by molar-refractivity contribution is -0.142. The summed E-state index contributed by atoms with van der Waals surface area (Å²) >= 11 is -2.41. The molecule has 3 aromatic rings. The lowest BCUT2D eigenvalue weighted by Crippen LogP contribution is -2.46. The molecule has 33 heavy (non-hydrogen) atoms. The second-order valence-corrected chi connectivity index (χ2v) is 8.57. The van der Waals surface area contributed by atoms with Crippen LogP contribution in [0.4, 0.5) is 10.1 Å². The van der Waals surface area contributed by atoms with Crippen LogP contribution in [0.25, 0.3) is 11.1 Å². The standard InChI is InChI=1S/C25H26FNO5S/c1-17(2)24(25(28)31-3)27(33(29)30)21-12-8-18(9-13-21)19-10-14-22(15-11-19)32-16-20-6-4-5-7-23(20)26/h4-15,17,24H,16H2,1-3H3,(H,29,30). The van der Waals surface area contributed by atoms with Crippen molar-refractivity contribution in [3.63, 3.8) is 0 Å². The number of carbonyl (C=O) groups excluding carboxylic acids is 1. The Balaban J connectivity index is 1.75. The molecule has 0 aliphatic rings. The van der Waals surface area contributed by atoms with Gasteiger partial charge in [0.05, 0.1) is 12.8 Å². The topological polar surface area (TPSA) is 76.1 Å². The fourth-order valence-corrected chi connectivity index (χ4v) is 4.25. The van der Waals surface area contributed by atoms with Crippen LogP contribution in [-0.2, 0) is 27.4 Å². The van der Waals surface area contributed by atoms with Crippen molar-refractivity contribution in [1.29, 1.82) is 0 Å². The Labute approximate surface area is 195 Å². The van der Waals surface area contributed by atoms with Gasteiger partial charge in [0.25, 0.3) is 11.3 Å². The lowest BCUT2D eigenvalue weighted by Gasteiger charge is -2.30. The normalized spacial score (nSPS) is 12.8. The largest absolute Gasteiger partial charge is 0.489 e. The Bertz CT molecular complexity index is 1100. The van der Waals surface area contributed by atoms with Gasteiger partial charge in [0.1, 0.15) is 24.2 Å². The van der Waals surface area contributed by atoms with Crippen molar-refractivity contribution in [1.82, 2.24) is 0 Å². The van der Waals surface area contributed by atoms with Gasteiger partial charge in [-0.2, -0.15) is 0 Å². The minimum atomic E-state index is -2.41. The summed E-state index contributed by atoms with van der Waals surface area (Å²) in [6.45, 7) is 3.70. The number of benzene rings is 3. The van der Waals surface area contributed by atoms with E-state index in [1.165, 1.54) is 13.2 Å². The molecule has 3 rings (SSSR count). The Hall–Kier alpha value is -3.23. The van der Waals surface area contributed by atoms with E-state index in [4.69, 9.17) is 9.47 Å². The summed E-state index contributed by atoms with van der Waals surface area (Å²) in [4.78, 5) is 12.2. The number of esters is 1. The van der Waals surface area contributed by atoms with Gasteiger partial charge >= 0.3 is 5.97 Å². The maximum Gasteiger partial charge on any atom is 0.329 e. The molecule has 0 radical (unpaired) electrons. The number of carbonyl (C=O) groups is 1. The highest BCUT2D eigenvalue weighted by Gasteiger charge is 2.33. The quantitative estimate of drug-likeness (QED) is 0.342. The Kier molecular flexibility index (Phi) is 8.19. The molecule has 174 valence electrons. The fourth-order valence-electron chi connectivity index (χ4n) is 3.43. The summed E-state index contributed by atoms with van der Waals surface area (Å²) < 4.78 is 47.3. The average molecular weight is 472 g/mol. The zero-order valence-corrected chi connectivity index (χ0v) is 19.4. The maximum atomic E-state index is 13.7. The van der Waals surface area contributed by atoms with E-state index in [1.807, 2.05) is 12.1 Å². The summed E-state index contributed by atoms with van der Waals surface area (Å²) in [6, 6.07) is 19.9. The number of ether oxygens (including phenoxy) is 2. The zero-order chi connectivity index (χ0) is 24.0. The molecule has 0 saturated heterocycles. The van der Waals surface area contributed by atoms with E-state index in [0.29, 0.717) is 17.0 Å². The van der Waals surface area contributed by atoms with Crippen LogP contribution in [0.15, 0.2) is 72.8 Å². The van der Waals surface area contributed by atoms with E-state index in [1.54, 1.807) is 68.4 Å². The molecular formula is C25H26FNO5S. The Morgan fingerprint density at radius 2 is 1.58 bits per heavy atom. The molecule has 2 atom stereocenters. The van der Waals surface area contributed by atoms with E-state index in [-0.39, 0.29) is 18.3 Å². The molecule has 6 nitrogen and oxygen atoms in total. The molecule has 0 fully saturated rings. The second-order valence-electron chi connectivity index (χ2n) is 7.72. The monoisotopic (exact) mass is 471 g/mol. The van der Waals surface area contributed by atoms with Crippen molar-refractivity contribution in [3.05, 3.63) is 84.2 Å². The van der Waals surface area contributed by atoms with Crippen LogP contribution in [-0.4, -0.2) is 27.9 Å². The van der Waals surface area contributed by atoms with Gasteiger partial charge in [-0.15, -0.1) is 0 Å². The van der Waals surface area contributed by atoms with Crippen molar-refractivity contribution < 1.29 is 27.4 Å². The van der Waals surface area contributed by atoms with Gasteiger partial charge in [0.15, 0.2) is 0 Å². The third-order valence-corrected chi connectivity index (χ3v) is 5.93. The average Bonchev–Trinajstić information content (AvgIpc) is 2.81. The van der Waals surface area contributed by atoms with Gasteiger partial charge < -0.3 is 9.47 Å². The second kappa shape index (κ2) is 11.1. The van der Waals surface area contributed by atoms with Gasteiger partial charge in [-0.05, 0) is 47.4 Å². The molecule has 0 aromatic heterocycles. The predicted molar refractivity (Wildman–Crippen MR) is 127 cm³/mol. The molecule has 0 saturated carbocycles. The predicted octanol–water partition coefficient (Wildman–Crippen LogP) is 5.21. The minimum absolute atomic E-state index is 0.131. The van der Waals surface area contributed by atoms with E-state index in [2.05, 4.69) is 0 Å². The molecule has 0 aliphatic carbocycles. The first-order valence-electron chi connectivity index (χ1n) is 10.4.